The number of aromatic nitrogens is 4. The van der Waals surface area contributed by atoms with Crippen LogP contribution in [-0.2, 0) is 14.3 Å². The number of thioether (sulfide) groups is 1. The summed E-state index contributed by atoms with van der Waals surface area (Å²) in [4.78, 5) is 34.0. The average molecular weight is 351 g/mol. The van der Waals surface area contributed by atoms with Gasteiger partial charge in [-0.25, -0.2) is 4.98 Å². The lowest BCUT2D eigenvalue weighted by atomic mass is 10.2. The minimum atomic E-state index is -0.355. The summed E-state index contributed by atoms with van der Waals surface area (Å²) in [6, 6.07) is 0. The Balaban J connectivity index is 1.84. The Bertz CT molecular complexity index is 772. The summed E-state index contributed by atoms with van der Waals surface area (Å²) in [5, 5.41) is 4.72. The van der Waals surface area contributed by atoms with Crippen molar-refractivity contribution in [3.05, 3.63) is 17.5 Å². The monoisotopic (exact) mass is 351 g/mol. The van der Waals surface area contributed by atoms with Crippen molar-refractivity contribution in [2.45, 2.75) is 12.1 Å². The molecule has 1 aliphatic rings. The van der Waals surface area contributed by atoms with E-state index >= 15 is 0 Å². The zero-order valence-corrected chi connectivity index (χ0v) is 14.2. The fourth-order valence-electron chi connectivity index (χ4n) is 2.31. The van der Waals surface area contributed by atoms with Gasteiger partial charge in [-0.3, -0.25) is 9.59 Å². The Kier molecular flexibility index (Phi) is 4.95. The van der Waals surface area contributed by atoms with Crippen LogP contribution < -0.4 is 0 Å². The van der Waals surface area contributed by atoms with E-state index in [1.807, 2.05) is 0 Å². The van der Waals surface area contributed by atoms with Crippen LogP contribution in [-0.4, -0.2) is 75.5 Å². The number of hydrogen-bond donors (Lipinski definition) is 0. The Morgan fingerprint density at radius 3 is 2.83 bits per heavy atom. The van der Waals surface area contributed by atoms with Crippen LogP contribution in [0.3, 0.4) is 0 Å². The van der Waals surface area contributed by atoms with E-state index in [4.69, 9.17) is 4.74 Å². The van der Waals surface area contributed by atoms with Crippen molar-refractivity contribution in [1.29, 1.82) is 0 Å². The maximum absolute atomic E-state index is 12.6. The van der Waals surface area contributed by atoms with Crippen LogP contribution in [0.2, 0.25) is 0 Å². The van der Waals surface area contributed by atoms with E-state index in [0.29, 0.717) is 48.5 Å². The molecule has 1 fully saturated rings. The van der Waals surface area contributed by atoms with Crippen molar-refractivity contribution < 1.29 is 19.1 Å². The number of aryl methyl sites for hydroxylation is 1. The predicted octanol–water partition coefficient (Wildman–Crippen LogP) is 0.170. The van der Waals surface area contributed by atoms with Gasteiger partial charge in [-0.2, -0.15) is 9.50 Å². The lowest BCUT2D eigenvalue weighted by Gasteiger charge is -2.27. The summed E-state index contributed by atoms with van der Waals surface area (Å²) in [7, 11) is 1.33. The standard InChI is InChI=1S/C14H17N5O4S/c1-9-10(12(21)18-3-5-23-6-4-18)7-15-13-16-14(17-19(9)13)24-8-11(20)22-2/h7H,3-6,8H2,1-2H3. The van der Waals surface area contributed by atoms with Gasteiger partial charge >= 0.3 is 5.97 Å². The number of esters is 1. The molecule has 0 atom stereocenters. The molecule has 3 rings (SSSR count). The van der Waals surface area contributed by atoms with Crippen molar-refractivity contribution >= 4 is 29.4 Å². The molecule has 0 radical (unpaired) electrons. The molecule has 10 heteroatoms. The number of carbonyl (C=O) groups excluding carboxylic acids is 2. The van der Waals surface area contributed by atoms with Crippen LogP contribution in [0.4, 0.5) is 0 Å². The number of morpholine rings is 1. The molecule has 0 aromatic carbocycles. The molecule has 0 aliphatic carbocycles. The zero-order chi connectivity index (χ0) is 17.1. The highest BCUT2D eigenvalue weighted by Gasteiger charge is 2.22. The number of fused-ring (bicyclic) bond motifs is 1. The fourth-order valence-corrected chi connectivity index (χ4v) is 2.96. The van der Waals surface area contributed by atoms with Crippen LogP contribution in [0.1, 0.15) is 16.1 Å². The molecule has 1 aliphatic heterocycles. The first-order chi connectivity index (χ1) is 11.6. The van der Waals surface area contributed by atoms with Crippen molar-refractivity contribution in [3.8, 4) is 0 Å². The van der Waals surface area contributed by atoms with E-state index < -0.39 is 0 Å². The van der Waals surface area contributed by atoms with Crippen LogP contribution in [0, 0.1) is 6.92 Å². The number of hydrogen-bond acceptors (Lipinski definition) is 8. The molecule has 0 bridgehead atoms. The Morgan fingerprint density at radius 2 is 2.12 bits per heavy atom. The first-order valence-electron chi connectivity index (χ1n) is 7.39. The molecule has 0 saturated carbocycles. The Hall–Kier alpha value is -2.20. The molecule has 2 aromatic heterocycles. The minimum Gasteiger partial charge on any atom is -0.468 e. The largest absolute Gasteiger partial charge is 0.468 e. The van der Waals surface area contributed by atoms with Gasteiger partial charge in [-0.15, -0.1) is 5.10 Å². The number of rotatable bonds is 4. The van der Waals surface area contributed by atoms with E-state index in [-0.39, 0.29) is 17.6 Å². The van der Waals surface area contributed by atoms with Gasteiger partial charge < -0.3 is 14.4 Å². The van der Waals surface area contributed by atoms with Gasteiger partial charge in [0.25, 0.3) is 11.7 Å². The van der Waals surface area contributed by atoms with Crippen molar-refractivity contribution in [2.75, 3.05) is 39.2 Å². The maximum atomic E-state index is 12.6. The lowest BCUT2D eigenvalue weighted by molar-refractivity contribution is -0.137. The van der Waals surface area contributed by atoms with Gasteiger partial charge in [0.2, 0.25) is 5.16 Å². The number of ether oxygens (including phenoxy) is 2. The normalized spacial score (nSPS) is 14.8. The third kappa shape index (κ3) is 3.34. The summed E-state index contributed by atoms with van der Waals surface area (Å²) in [6.45, 7) is 4.00. The third-order valence-corrected chi connectivity index (χ3v) is 4.47. The van der Waals surface area contributed by atoms with Crippen molar-refractivity contribution in [1.82, 2.24) is 24.5 Å². The number of carbonyl (C=O) groups is 2. The summed E-state index contributed by atoms with van der Waals surface area (Å²) >= 11 is 1.16. The molecule has 1 saturated heterocycles. The molecule has 0 N–H and O–H groups in total. The molecule has 3 heterocycles. The molecule has 1 amide bonds. The minimum absolute atomic E-state index is 0.0931. The molecule has 24 heavy (non-hydrogen) atoms. The molecular weight excluding hydrogens is 334 g/mol. The number of amides is 1. The van der Waals surface area contributed by atoms with Crippen LogP contribution in [0.5, 0.6) is 0 Å². The fraction of sp³-hybridized carbons (Fsp3) is 0.500. The molecule has 9 nitrogen and oxygen atoms in total. The highest BCUT2D eigenvalue weighted by molar-refractivity contribution is 7.99. The SMILES string of the molecule is COC(=O)CSc1nc2ncc(C(=O)N3CCOCC3)c(C)n2n1. The smallest absolute Gasteiger partial charge is 0.316 e. The van der Waals surface area contributed by atoms with Gasteiger partial charge in [0.1, 0.15) is 0 Å². The second-order valence-corrected chi connectivity index (χ2v) is 6.08. The second kappa shape index (κ2) is 7.14. The lowest BCUT2D eigenvalue weighted by Crippen LogP contribution is -2.41. The maximum Gasteiger partial charge on any atom is 0.316 e. The van der Waals surface area contributed by atoms with Gasteiger partial charge in [0.05, 0.1) is 37.3 Å². The van der Waals surface area contributed by atoms with Gasteiger partial charge in [-0.05, 0) is 6.92 Å². The first kappa shape index (κ1) is 16.7. The second-order valence-electron chi connectivity index (χ2n) is 5.13. The summed E-state index contributed by atoms with van der Waals surface area (Å²) in [5.74, 6) is 0.0565. The number of methoxy groups -OCH3 is 1. The topological polar surface area (TPSA) is 98.9 Å². The zero-order valence-electron chi connectivity index (χ0n) is 13.4. The van der Waals surface area contributed by atoms with Crippen LogP contribution in [0.15, 0.2) is 11.4 Å². The van der Waals surface area contributed by atoms with Crippen LogP contribution >= 0.6 is 11.8 Å². The molecule has 0 unspecified atom stereocenters. The van der Waals surface area contributed by atoms with E-state index in [0.717, 1.165) is 11.8 Å². The van der Waals surface area contributed by atoms with Gasteiger partial charge in [0, 0.05) is 19.3 Å². The van der Waals surface area contributed by atoms with E-state index in [2.05, 4.69) is 19.8 Å². The van der Waals surface area contributed by atoms with Gasteiger partial charge in [-0.1, -0.05) is 11.8 Å². The molecule has 2 aromatic rings. The van der Waals surface area contributed by atoms with Crippen molar-refractivity contribution in [2.24, 2.45) is 0 Å². The summed E-state index contributed by atoms with van der Waals surface area (Å²) in [5.41, 5.74) is 1.15. The number of nitrogens with zero attached hydrogens (tertiary/aromatic N) is 5. The third-order valence-electron chi connectivity index (χ3n) is 3.66. The highest BCUT2D eigenvalue weighted by atomic mass is 32.2. The van der Waals surface area contributed by atoms with E-state index in [1.54, 1.807) is 11.8 Å². The van der Waals surface area contributed by atoms with Crippen LogP contribution in [0.25, 0.3) is 5.78 Å². The highest BCUT2D eigenvalue weighted by Crippen LogP contribution is 2.17. The molecule has 0 spiro atoms. The van der Waals surface area contributed by atoms with Gasteiger partial charge in [0.15, 0.2) is 0 Å². The molecular formula is C14H17N5O4S. The van der Waals surface area contributed by atoms with Crippen molar-refractivity contribution in [3.63, 3.8) is 0 Å². The quantitative estimate of drug-likeness (QED) is 0.568. The first-order valence-corrected chi connectivity index (χ1v) is 8.37. The van der Waals surface area contributed by atoms with E-state index in [1.165, 1.54) is 17.8 Å². The summed E-state index contributed by atoms with van der Waals surface area (Å²) < 4.78 is 11.4. The Labute approximate surface area is 142 Å². The molecule has 128 valence electrons. The Morgan fingerprint density at radius 1 is 1.38 bits per heavy atom. The summed E-state index contributed by atoms with van der Waals surface area (Å²) in [6.07, 6.45) is 1.52. The average Bonchev–Trinajstić information content (AvgIpc) is 3.04. The predicted molar refractivity (Wildman–Crippen MR) is 85.0 cm³/mol. The van der Waals surface area contributed by atoms with E-state index in [9.17, 15) is 9.59 Å².